The van der Waals surface area contributed by atoms with E-state index in [1.165, 1.54) is 29.8 Å². The first-order chi connectivity index (χ1) is 10.0. The zero-order chi connectivity index (χ0) is 15.2. The number of hydrogen-bond donors (Lipinski definition) is 1. The van der Waals surface area contributed by atoms with Gasteiger partial charge in [0.1, 0.15) is 11.6 Å². The van der Waals surface area contributed by atoms with E-state index in [9.17, 15) is 9.18 Å². The van der Waals surface area contributed by atoms with Crippen molar-refractivity contribution in [1.82, 2.24) is 5.32 Å². The fourth-order valence-electron chi connectivity index (χ4n) is 1.81. The van der Waals surface area contributed by atoms with Crippen molar-refractivity contribution >= 4 is 5.91 Å². The van der Waals surface area contributed by atoms with Crippen LogP contribution >= 0.6 is 0 Å². The molecule has 0 saturated heterocycles. The molecule has 110 valence electrons. The van der Waals surface area contributed by atoms with Crippen LogP contribution in [0.2, 0.25) is 0 Å². The second-order valence-corrected chi connectivity index (χ2v) is 4.92. The third kappa shape index (κ3) is 4.60. The van der Waals surface area contributed by atoms with Crippen molar-refractivity contribution in [2.45, 2.75) is 26.5 Å². The molecule has 0 aliphatic carbocycles. The van der Waals surface area contributed by atoms with Crippen LogP contribution in [0.3, 0.4) is 0 Å². The van der Waals surface area contributed by atoms with Gasteiger partial charge in [0.15, 0.2) is 6.10 Å². The van der Waals surface area contributed by atoms with E-state index >= 15 is 0 Å². The van der Waals surface area contributed by atoms with Crippen LogP contribution in [0.25, 0.3) is 0 Å². The Labute approximate surface area is 123 Å². The fraction of sp³-hybridized carbons (Fsp3) is 0.235. The zero-order valence-corrected chi connectivity index (χ0v) is 12.1. The number of rotatable bonds is 5. The van der Waals surface area contributed by atoms with E-state index < -0.39 is 6.10 Å². The minimum Gasteiger partial charge on any atom is -0.481 e. The van der Waals surface area contributed by atoms with E-state index in [0.29, 0.717) is 12.3 Å². The lowest BCUT2D eigenvalue weighted by Crippen LogP contribution is -2.35. The van der Waals surface area contributed by atoms with E-state index in [-0.39, 0.29) is 11.7 Å². The Morgan fingerprint density at radius 3 is 2.38 bits per heavy atom. The van der Waals surface area contributed by atoms with Gasteiger partial charge in [-0.05, 0) is 43.7 Å². The molecule has 2 aromatic rings. The Hall–Kier alpha value is -2.36. The number of carbonyl (C=O) groups is 1. The molecule has 1 amide bonds. The van der Waals surface area contributed by atoms with Gasteiger partial charge in [-0.15, -0.1) is 0 Å². The molecule has 1 N–H and O–H groups in total. The van der Waals surface area contributed by atoms with Crippen LogP contribution in [0.15, 0.2) is 48.5 Å². The number of carbonyl (C=O) groups excluding carboxylic acids is 1. The van der Waals surface area contributed by atoms with Crippen molar-refractivity contribution in [3.63, 3.8) is 0 Å². The topological polar surface area (TPSA) is 38.3 Å². The average Bonchev–Trinajstić information content (AvgIpc) is 2.48. The van der Waals surface area contributed by atoms with Crippen LogP contribution in [0.1, 0.15) is 18.1 Å². The van der Waals surface area contributed by atoms with Crippen LogP contribution in [0.5, 0.6) is 5.75 Å². The van der Waals surface area contributed by atoms with Gasteiger partial charge in [-0.25, -0.2) is 4.39 Å². The van der Waals surface area contributed by atoms with E-state index in [0.717, 1.165) is 5.56 Å². The van der Waals surface area contributed by atoms with Crippen molar-refractivity contribution in [3.05, 3.63) is 65.5 Å². The largest absolute Gasteiger partial charge is 0.481 e. The first kappa shape index (κ1) is 15.0. The summed E-state index contributed by atoms with van der Waals surface area (Å²) >= 11 is 0. The molecule has 0 heterocycles. The molecule has 4 heteroatoms. The molecule has 2 rings (SSSR count). The molecule has 0 fully saturated rings. The third-order valence-electron chi connectivity index (χ3n) is 3.08. The van der Waals surface area contributed by atoms with E-state index in [1.807, 2.05) is 31.2 Å². The Kier molecular flexibility index (Phi) is 4.93. The van der Waals surface area contributed by atoms with Crippen LogP contribution in [-0.2, 0) is 11.3 Å². The molecule has 0 unspecified atom stereocenters. The number of halogens is 1. The van der Waals surface area contributed by atoms with Gasteiger partial charge in [0.25, 0.3) is 5.91 Å². The summed E-state index contributed by atoms with van der Waals surface area (Å²) in [5, 5.41) is 2.81. The van der Waals surface area contributed by atoms with Gasteiger partial charge in [-0.3, -0.25) is 4.79 Å². The van der Waals surface area contributed by atoms with Gasteiger partial charge in [-0.2, -0.15) is 0 Å². The quantitative estimate of drug-likeness (QED) is 0.917. The lowest BCUT2D eigenvalue weighted by molar-refractivity contribution is -0.127. The van der Waals surface area contributed by atoms with Crippen LogP contribution in [-0.4, -0.2) is 12.0 Å². The van der Waals surface area contributed by atoms with Crippen molar-refractivity contribution in [2.75, 3.05) is 0 Å². The minimum atomic E-state index is -0.638. The highest BCUT2D eigenvalue weighted by atomic mass is 19.1. The highest BCUT2D eigenvalue weighted by Gasteiger charge is 2.14. The fourth-order valence-corrected chi connectivity index (χ4v) is 1.81. The van der Waals surface area contributed by atoms with Gasteiger partial charge >= 0.3 is 0 Å². The normalized spacial score (nSPS) is 11.8. The summed E-state index contributed by atoms with van der Waals surface area (Å²) in [6.45, 7) is 4.13. The van der Waals surface area contributed by atoms with Gasteiger partial charge in [0.2, 0.25) is 0 Å². The van der Waals surface area contributed by atoms with Gasteiger partial charge < -0.3 is 10.1 Å². The number of ether oxygens (including phenoxy) is 1. The zero-order valence-electron chi connectivity index (χ0n) is 12.1. The summed E-state index contributed by atoms with van der Waals surface area (Å²) in [4.78, 5) is 11.9. The van der Waals surface area contributed by atoms with Crippen molar-refractivity contribution in [2.24, 2.45) is 0 Å². The van der Waals surface area contributed by atoms with E-state index in [4.69, 9.17) is 4.74 Å². The standard InChI is InChI=1S/C17H18FNO2/c1-12-3-5-14(6-4-12)11-19-17(20)13(2)21-16-9-7-15(18)8-10-16/h3-10,13H,11H2,1-2H3,(H,19,20)/t13-/m1/s1. The minimum absolute atomic E-state index is 0.208. The Bertz CT molecular complexity index is 593. The summed E-state index contributed by atoms with van der Waals surface area (Å²) < 4.78 is 18.2. The van der Waals surface area contributed by atoms with Crippen molar-refractivity contribution in [3.8, 4) is 5.75 Å². The van der Waals surface area contributed by atoms with Crippen molar-refractivity contribution in [1.29, 1.82) is 0 Å². The number of hydrogen-bond acceptors (Lipinski definition) is 2. The summed E-state index contributed by atoms with van der Waals surface area (Å²) in [6, 6.07) is 13.5. The maximum atomic E-state index is 12.8. The Morgan fingerprint density at radius 1 is 1.14 bits per heavy atom. The molecule has 3 nitrogen and oxygen atoms in total. The molecule has 0 aromatic heterocycles. The molecule has 1 atom stereocenters. The number of aryl methyl sites for hydroxylation is 1. The third-order valence-corrected chi connectivity index (χ3v) is 3.08. The lowest BCUT2D eigenvalue weighted by Gasteiger charge is -2.14. The van der Waals surface area contributed by atoms with Crippen LogP contribution < -0.4 is 10.1 Å². The molecule has 21 heavy (non-hydrogen) atoms. The predicted octanol–water partition coefficient (Wildman–Crippen LogP) is 3.22. The number of nitrogens with one attached hydrogen (secondary N) is 1. The molecular formula is C17H18FNO2. The Morgan fingerprint density at radius 2 is 1.76 bits per heavy atom. The van der Waals surface area contributed by atoms with Gasteiger partial charge in [0.05, 0.1) is 0 Å². The summed E-state index contributed by atoms with van der Waals surface area (Å²) in [5.41, 5.74) is 2.21. The number of benzene rings is 2. The molecular weight excluding hydrogens is 269 g/mol. The Balaban J connectivity index is 1.84. The molecule has 0 saturated carbocycles. The average molecular weight is 287 g/mol. The first-order valence-electron chi connectivity index (χ1n) is 6.80. The van der Waals surface area contributed by atoms with Crippen LogP contribution in [0.4, 0.5) is 4.39 Å². The smallest absolute Gasteiger partial charge is 0.261 e. The summed E-state index contributed by atoms with van der Waals surface area (Å²) in [7, 11) is 0. The van der Waals surface area contributed by atoms with Gasteiger partial charge in [-0.1, -0.05) is 29.8 Å². The maximum Gasteiger partial charge on any atom is 0.261 e. The van der Waals surface area contributed by atoms with E-state index in [1.54, 1.807) is 6.92 Å². The molecule has 0 radical (unpaired) electrons. The highest BCUT2D eigenvalue weighted by Crippen LogP contribution is 2.13. The second kappa shape index (κ2) is 6.88. The van der Waals surface area contributed by atoms with E-state index in [2.05, 4.69) is 5.32 Å². The molecule has 0 bridgehead atoms. The summed E-state index contributed by atoms with van der Waals surface area (Å²) in [5.74, 6) is -0.0758. The van der Waals surface area contributed by atoms with Crippen LogP contribution in [0, 0.1) is 12.7 Å². The second-order valence-electron chi connectivity index (χ2n) is 4.92. The molecule has 0 aliphatic rings. The first-order valence-corrected chi connectivity index (χ1v) is 6.80. The van der Waals surface area contributed by atoms with Gasteiger partial charge in [0, 0.05) is 6.54 Å². The number of amides is 1. The maximum absolute atomic E-state index is 12.8. The molecule has 0 aliphatic heterocycles. The monoisotopic (exact) mass is 287 g/mol. The lowest BCUT2D eigenvalue weighted by atomic mass is 10.1. The molecule has 0 spiro atoms. The predicted molar refractivity (Wildman–Crippen MR) is 79.5 cm³/mol. The highest BCUT2D eigenvalue weighted by molar-refractivity contribution is 5.80. The van der Waals surface area contributed by atoms with Crippen molar-refractivity contribution < 1.29 is 13.9 Å². The SMILES string of the molecule is Cc1ccc(CNC(=O)[C@@H](C)Oc2ccc(F)cc2)cc1. The molecule has 2 aromatic carbocycles. The summed E-state index contributed by atoms with van der Waals surface area (Å²) in [6.07, 6.45) is -0.638.